The number of aliphatic hydroxyl groups excluding tert-OH is 1. The van der Waals surface area contributed by atoms with Gasteiger partial charge in [-0.1, -0.05) is 36.9 Å². The number of benzene rings is 2. The SMILES string of the molecule is COc1ccc(/C(O)=C2/C(=O)C(=O)N(C3CCCCC3)C2c2ccc(O)c(Cl)c2)cc1Br. The lowest BCUT2D eigenvalue weighted by Crippen LogP contribution is -2.40. The monoisotopic (exact) mass is 519 g/mol. The predicted octanol–water partition coefficient (Wildman–Crippen LogP) is 5.57. The number of nitrogens with zero attached hydrogens (tertiary/aromatic N) is 1. The molecular formula is C24H23BrClNO5. The van der Waals surface area contributed by atoms with Crippen LogP contribution in [0.2, 0.25) is 5.02 Å². The average molecular weight is 521 g/mol. The summed E-state index contributed by atoms with van der Waals surface area (Å²) in [5.74, 6) is -1.14. The van der Waals surface area contributed by atoms with Crippen molar-refractivity contribution in [3.05, 3.63) is 62.6 Å². The van der Waals surface area contributed by atoms with Crippen molar-refractivity contribution in [3.8, 4) is 11.5 Å². The molecule has 1 saturated carbocycles. The van der Waals surface area contributed by atoms with Gasteiger partial charge >= 0.3 is 0 Å². The second-order valence-corrected chi connectivity index (χ2v) is 9.32. The third-order valence-electron chi connectivity index (χ3n) is 6.16. The second-order valence-electron chi connectivity index (χ2n) is 8.06. The lowest BCUT2D eigenvalue weighted by atomic mass is 9.91. The van der Waals surface area contributed by atoms with Crippen LogP contribution < -0.4 is 4.74 Å². The van der Waals surface area contributed by atoms with E-state index in [2.05, 4.69) is 15.9 Å². The van der Waals surface area contributed by atoms with Crippen molar-refractivity contribution in [2.75, 3.05) is 7.11 Å². The van der Waals surface area contributed by atoms with Crippen LogP contribution in [0.5, 0.6) is 11.5 Å². The van der Waals surface area contributed by atoms with E-state index in [1.807, 2.05) is 0 Å². The molecule has 4 rings (SSSR count). The van der Waals surface area contributed by atoms with E-state index in [9.17, 15) is 19.8 Å². The van der Waals surface area contributed by atoms with Gasteiger partial charge in [-0.25, -0.2) is 0 Å². The van der Waals surface area contributed by atoms with E-state index in [-0.39, 0.29) is 28.1 Å². The smallest absolute Gasteiger partial charge is 0.295 e. The lowest BCUT2D eigenvalue weighted by molar-refractivity contribution is -0.141. The number of likely N-dealkylation sites (tertiary alicyclic amines) is 1. The van der Waals surface area contributed by atoms with Crippen molar-refractivity contribution in [1.29, 1.82) is 0 Å². The van der Waals surface area contributed by atoms with Crippen molar-refractivity contribution < 1.29 is 24.5 Å². The Morgan fingerprint density at radius 3 is 2.47 bits per heavy atom. The number of rotatable bonds is 4. The molecule has 1 amide bonds. The van der Waals surface area contributed by atoms with Gasteiger partial charge in [0.2, 0.25) is 0 Å². The molecule has 2 aliphatic rings. The number of phenolic OH excluding ortho intramolecular Hbond substituents is 1. The minimum Gasteiger partial charge on any atom is -0.507 e. The zero-order valence-electron chi connectivity index (χ0n) is 17.5. The van der Waals surface area contributed by atoms with Crippen LogP contribution >= 0.6 is 27.5 Å². The number of halogens is 2. The van der Waals surface area contributed by atoms with Crippen LogP contribution in [-0.2, 0) is 9.59 Å². The van der Waals surface area contributed by atoms with Crippen LogP contribution in [0.15, 0.2) is 46.4 Å². The molecule has 0 bridgehead atoms. The molecule has 1 saturated heterocycles. The molecule has 2 N–H and O–H groups in total. The maximum absolute atomic E-state index is 13.2. The van der Waals surface area contributed by atoms with E-state index in [1.54, 1.807) is 35.2 Å². The van der Waals surface area contributed by atoms with Crippen molar-refractivity contribution in [2.45, 2.75) is 44.2 Å². The fourth-order valence-electron chi connectivity index (χ4n) is 4.58. The first-order valence-corrected chi connectivity index (χ1v) is 11.6. The largest absolute Gasteiger partial charge is 0.507 e. The minimum atomic E-state index is -0.794. The number of aromatic hydroxyl groups is 1. The van der Waals surface area contributed by atoms with Gasteiger partial charge in [0, 0.05) is 11.6 Å². The van der Waals surface area contributed by atoms with Crippen LogP contribution in [0, 0.1) is 0 Å². The van der Waals surface area contributed by atoms with E-state index in [1.165, 1.54) is 13.2 Å². The second kappa shape index (κ2) is 9.16. The Kier molecular flexibility index (Phi) is 6.49. The number of carbonyl (C=O) groups is 2. The molecule has 1 aliphatic heterocycles. The van der Waals surface area contributed by atoms with E-state index in [4.69, 9.17) is 16.3 Å². The molecule has 1 atom stereocenters. The number of phenols is 1. The molecule has 168 valence electrons. The number of hydrogen-bond acceptors (Lipinski definition) is 5. The Morgan fingerprint density at radius 1 is 1.12 bits per heavy atom. The highest BCUT2D eigenvalue weighted by molar-refractivity contribution is 9.10. The highest BCUT2D eigenvalue weighted by Crippen LogP contribution is 2.44. The third-order valence-corrected chi connectivity index (χ3v) is 7.08. The molecule has 2 aromatic rings. The Hall–Kier alpha value is -2.51. The molecule has 1 aliphatic carbocycles. The van der Waals surface area contributed by atoms with Crippen molar-refractivity contribution in [1.82, 2.24) is 4.90 Å². The summed E-state index contributed by atoms with van der Waals surface area (Å²) in [5.41, 5.74) is 0.959. The van der Waals surface area contributed by atoms with Crippen LogP contribution in [0.1, 0.15) is 49.3 Å². The van der Waals surface area contributed by atoms with Gasteiger partial charge in [0.1, 0.15) is 17.3 Å². The normalized spacial score (nSPS) is 21.2. The van der Waals surface area contributed by atoms with Gasteiger partial charge in [0.25, 0.3) is 11.7 Å². The van der Waals surface area contributed by atoms with Crippen molar-refractivity contribution in [2.24, 2.45) is 0 Å². The summed E-state index contributed by atoms with van der Waals surface area (Å²) in [6.07, 6.45) is 4.63. The fourth-order valence-corrected chi connectivity index (χ4v) is 5.31. The van der Waals surface area contributed by atoms with Gasteiger partial charge < -0.3 is 19.8 Å². The van der Waals surface area contributed by atoms with Gasteiger partial charge in [0.05, 0.1) is 28.2 Å². The summed E-state index contributed by atoms with van der Waals surface area (Å²) >= 11 is 9.56. The molecule has 8 heteroatoms. The Labute approximate surface area is 199 Å². The molecular weight excluding hydrogens is 498 g/mol. The quantitative estimate of drug-likeness (QED) is 0.313. The molecule has 1 heterocycles. The van der Waals surface area contributed by atoms with Crippen LogP contribution in [0.4, 0.5) is 0 Å². The molecule has 2 aromatic carbocycles. The summed E-state index contributed by atoms with van der Waals surface area (Å²) in [6.45, 7) is 0. The summed E-state index contributed by atoms with van der Waals surface area (Å²) in [7, 11) is 1.53. The molecule has 1 unspecified atom stereocenters. The topological polar surface area (TPSA) is 87.1 Å². The van der Waals surface area contributed by atoms with E-state index in [0.29, 0.717) is 21.3 Å². The maximum atomic E-state index is 13.2. The Balaban J connectivity index is 1.89. The van der Waals surface area contributed by atoms with Gasteiger partial charge in [-0.3, -0.25) is 9.59 Å². The van der Waals surface area contributed by atoms with E-state index < -0.39 is 17.7 Å². The van der Waals surface area contributed by atoms with E-state index >= 15 is 0 Å². The summed E-state index contributed by atoms with van der Waals surface area (Å²) in [5, 5.41) is 21.2. The average Bonchev–Trinajstić information content (AvgIpc) is 3.06. The number of ether oxygens (including phenoxy) is 1. The van der Waals surface area contributed by atoms with Gasteiger partial charge in [0.15, 0.2) is 0 Å². The Bertz CT molecular complexity index is 1110. The van der Waals surface area contributed by atoms with Gasteiger partial charge in [-0.2, -0.15) is 0 Å². The summed E-state index contributed by atoms with van der Waals surface area (Å²) in [4.78, 5) is 28.0. The lowest BCUT2D eigenvalue weighted by Gasteiger charge is -2.35. The molecule has 32 heavy (non-hydrogen) atoms. The Morgan fingerprint density at radius 2 is 1.84 bits per heavy atom. The number of amides is 1. The van der Waals surface area contributed by atoms with Gasteiger partial charge in [-0.05, 0) is 64.7 Å². The number of carbonyl (C=O) groups excluding carboxylic acids is 2. The number of methoxy groups -OCH3 is 1. The first-order valence-electron chi connectivity index (χ1n) is 10.5. The zero-order chi connectivity index (χ0) is 23.0. The molecule has 0 aromatic heterocycles. The first kappa shape index (κ1) is 22.7. The summed E-state index contributed by atoms with van der Waals surface area (Å²) < 4.78 is 5.85. The van der Waals surface area contributed by atoms with Crippen molar-refractivity contribution in [3.63, 3.8) is 0 Å². The van der Waals surface area contributed by atoms with Crippen LogP contribution in [0.25, 0.3) is 5.76 Å². The highest BCUT2D eigenvalue weighted by atomic mass is 79.9. The van der Waals surface area contributed by atoms with Crippen LogP contribution in [0.3, 0.4) is 0 Å². The maximum Gasteiger partial charge on any atom is 0.295 e. The zero-order valence-corrected chi connectivity index (χ0v) is 19.8. The minimum absolute atomic E-state index is 0.0133. The number of Topliss-reactive ketones (excluding diaryl/α,β-unsaturated/α-hetero) is 1. The molecule has 2 fully saturated rings. The molecule has 6 nitrogen and oxygen atoms in total. The van der Waals surface area contributed by atoms with Gasteiger partial charge in [-0.15, -0.1) is 0 Å². The highest BCUT2D eigenvalue weighted by Gasteiger charge is 2.49. The summed E-state index contributed by atoms with van der Waals surface area (Å²) in [6, 6.07) is 8.65. The molecule has 0 radical (unpaired) electrons. The van der Waals surface area contributed by atoms with Crippen molar-refractivity contribution >= 4 is 45.0 Å². The number of ketones is 1. The third kappa shape index (κ3) is 3.99. The first-order chi connectivity index (χ1) is 15.3. The molecule has 0 spiro atoms. The number of hydrogen-bond donors (Lipinski definition) is 2. The standard InChI is InChI=1S/C24H23BrClNO5/c1-32-19-10-8-14(11-16(19)25)22(29)20-21(13-7-9-18(28)17(26)12-13)27(24(31)23(20)30)15-5-3-2-4-6-15/h7-12,15,21,28-29H,2-6H2,1H3/b22-20-. The van der Waals surface area contributed by atoms with E-state index in [0.717, 1.165) is 32.1 Å². The fraction of sp³-hybridized carbons (Fsp3) is 0.333. The number of aliphatic hydroxyl groups is 1. The predicted molar refractivity (Wildman–Crippen MR) is 125 cm³/mol. The van der Waals surface area contributed by atoms with Crippen LogP contribution in [-0.4, -0.2) is 40.0 Å².